The summed E-state index contributed by atoms with van der Waals surface area (Å²) in [4.78, 5) is 17.7. The van der Waals surface area contributed by atoms with Crippen LogP contribution in [-0.4, -0.2) is 4.98 Å². The fourth-order valence-electron chi connectivity index (χ4n) is 5.29. The summed E-state index contributed by atoms with van der Waals surface area (Å²) in [6.45, 7) is 0. The molecule has 2 aromatic heterocycles. The second-order valence-electron chi connectivity index (χ2n) is 8.07. The number of anilines is 1. The number of allylic oxidation sites excluding steroid dienone is 2. The highest BCUT2D eigenvalue weighted by Gasteiger charge is 2.39. The molecule has 1 fully saturated rings. The minimum absolute atomic E-state index is 0.00196. The number of rotatable bonds is 0. The highest BCUT2D eigenvalue weighted by molar-refractivity contribution is 5.91. The predicted molar refractivity (Wildman–Crippen MR) is 103 cm³/mol. The predicted octanol–water partition coefficient (Wildman–Crippen LogP) is 4.61. The van der Waals surface area contributed by atoms with Crippen LogP contribution in [-0.2, 0) is 0 Å². The van der Waals surface area contributed by atoms with Crippen molar-refractivity contribution in [3.05, 3.63) is 51.7 Å². The zero-order valence-corrected chi connectivity index (χ0v) is 14.5. The van der Waals surface area contributed by atoms with Gasteiger partial charge in [0, 0.05) is 0 Å². The van der Waals surface area contributed by atoms with E-state index in [9.17, 15) is 4.79 Å². The number of fused-ring (bicyclic) bond motifs is 2. The first-order valence-electron chi connectivity index (χ1n) is 9.55. The molecule has 6 bridgehead atoms. The molecule has 4 aliphatic rings. The Labute approximate surface area is 150 Å². The molecule has 0 radical (unpaired) electrons. The number of pyridine rings is 1. The van der Waals surface area contributed by atoms with Crippen LogP contribution in [0.5, 0.6) is 0 Å². The van der Waals surface area contributed by atoms with Crippen LogP contribution in [0, 0.1) is 11.8 Å². The van der Waals surface area contributed by atoms with E-state index in [1.807, 2.05) is 18.2 Å². The van der Waals surface area contributed by atoms with E-state index in [1.54, 1.807) is 0 Å². The van der Waals surface area contributed by atoms with E-state index in [4.69, 9.17) is 10.2 Å². The second-order valence-corrected chi connectivity index (χ2v) is 8.07. The lowest BCUT2D eigenvalue weighted by Crippen LogP contribution is -2.32. The van der Waals surface area contributed by atoms with Crippen molar-refractivity contribution in [2.45, 2.75) is 38.0 Å². The summed E-state index contributed by atoms with van der Waals surface area (Å²) in [6.07, 6.45) is 8.19. The summed E-state index contributed by atoms with van der Waals surface area (Å²) >= 11 is 0. The molecule has 26 heavy (non-hydrogen) atoms. The lowest BCUT2D eigenvalue weighted by Gasteiger charge is -2.43. The first kappa shape index (κ1) is 14.5. The molecule has 4 heteroatoms. The highest BCUT2D eigenvalue weighted by Crippen LogP contribution is 2.52. The third kappa shape index (κ3) is 1.84. The van der Waals surface area contributed by atoms with Gasteiger partial charge in [0.05, 0.1) is 10.8 Å². The molecule has 2 heterocycles. The Morgan fingerprint density at radius 3 is 2.81 bits per heavy atom. The van der Waals surface area contributed by atoms with Crippen molar-refractivity contribution in [2.24, 2.45) is 11.8 Å². The Hall–Kier alpha value is -2.62. The lowest BCUT2D eigenvalue weighted by atomic mass is 9.61. The second kappa shape index (κ2) is 4.97. The molecular weight excluding hydrogens is 324 g/mol. The van der Waals surface area contributed by atoms with Gasteiger partial charge < -0.3 is 10.2 Å². The largest absolute Gasteiger partial charge is 0.437 e. The Morgan fingerprint density at radius 1 is 1.12 bits per heavy atom. The van der Waals surface area contributed by atoms with Gasteiger partial charge in [-0.3, -0.25) is 4.79 Å². The molecule has 0 aliphatic heterocycles. The van der Waals surface area contributed by atoms with Gasteiger partial charge >= 0.3 is 0 Å². The van der Waals surface area contributed by atoms with Crippen LogP contribution in [0.2, 0.25) is 0 Å². The fraction of sp³-hybridized carbons (Fsp3) is 0.364. The number of nitrogens with two attached hydrogens (primary N) is 1. The van der Waals surface area contributed by atoms with Gasteiger partial charge in [0.2, 0.25) is 11.1 Å². The number of hydrogen-bond acceptors (Lipinski definition) is 4. The molecule has 0 saturated heterocycles. The minimum atomic E-state index is 0.00196. The number of benzene rings is 1. The summed E-state index contributed by atoms with van der Waals surface area (Å²) in [7, 11) is 0. The fourth-order valence-corrected chi connectivity index (χ4v) is 5.29. The van der Waals surface area contributed by atoms with E-state index in [1.165, 1.54) is 18.4 Å². The molecule has 3 atom stereocenters. The molecule has 7 rings (SSSR count). The van der Waals surface area contributed by atoms with Gasteiger partial charge in [-0.1, -0.05) is 12.1 Å². The highest BCUT2D eigenvalue weighted by atomic mass is 16.3. The first-order valence-corrected chi connectivity index (χ1v) is 9.55. The van der Waals surface area contributed by atoms with Crippen molar-refractivity contribution in [3.63, 3.8) is 0 Å². The molecule has 3 aromatic rings. The third-order valence-corrected chi connectivity index (χ3v) is 6.88. The lowest BCUT2D eigenvalue weighted by molar-refractivity contribution is 0.155. The Kier molecular flexibility index (Phi) is 2.78. The van der Waals surface area contributed by atoms with E-state index < -0.39 is 0 Å². The standard InChI is InChI=1S/C22H20N2O2/c23-21-16-10-18-20(25)17-9-13(5-8-19(17)26-22(18)24-21)11-1-3-12(4-2-11)14-6-7-15(14)16/h1,5,8-10,12,14-15H,2-4,6-7H2,(H2,23,24). The molecule has 1 aromatic carbocycles. The first-order chi connectivity index (χ1) is 12.7. The maximum atomic E-state index is 13.2. The Morgan fingerprint density at radius 2 is 2.04 bits per heavy atom. The zero-order chi connectivity index (χ0) is 17.4. The number of hydrogen-bond donors (Lipinski definition) is 1. The van der Waals surface area contributed by atoms with Crippen LogP contribution in [0.3, 0.4) is 0 Å². The topological polar surface area (TPSA) is 69.1 Å². The van der Waals surface area contributed by atoms with E-state index in [0.717, 1.165) is 30.4 Å². The van der Waals surface area contributed by atoms with Crippen molar-refractivity contribution >= 4 is 33.5 Å². The van der Waals surface area contributed by atoms with Crippen molar-refractivity contribution in [1.82, 2.24) is 4.98 Å². The van der Waals surface area contributed by atoms with Crippen molar-refractivity contribution in [3.8, 4) is 0 Å². The smallest absolute Gasteiger partial charge is 0.232 e. The van der Waals surface area contributed by atoms with E-state index in [0.29, 0.717) is 45.6 Å². The minimum Gasteiger partial charge on any atom is -0.437 e. The molecule has 0 amide bonds. The molecule has 3 unspecified atom stereocenters. The summed E-state index contributed by atoms with van der Waals surface area (Å²) < 4.78 is 5.94. The van der Waals surface area contributed by atoms with Crippen LogP contribution in [0.1, 0.15) is 49.1 Å². The van der Waals surface area contributed by atoms with Crippen molar-refractivity contribution in [1.29, 1.82) is 0 Å². The Bertz CT molecular complexity index is 1170. The molecule has 4 aliphatic carbocycles. The quantitative estimate of drug-likeness (QED) is 0.604. The summed E-state index contributed by atoms with van der Waals surface area (Å²) in [6, 6.07) is 7.92. The molecule has 130 valence electrons. The van der Waals surface area contributed by atoms with Crippen molar-refractivity contribution < 1.29 is 4.42 Å². The average Bonchev–Trinajstić information content (AvgIpc) is 2.63. The van der Waals surface area contributed by atoms with E-state index in [2.05, 4.69) is 17.1 Å². The van der Waals surface area contributed by atoms with Gasteiger partial charge in [-0.15, -0.1) is 0 Å². The SMILES string of the molecule is Nc1nc2oc3ccc4cc3c(=O)c2cc1C1CCC1C1CC=C4CC1. The average molecular weight is 344 g/mol. The zero-order valence-electron chi connectivity index (χ0n) is 14.5. The normalized spacial score (nSPS) is 26.6. The number of aromatic nitrogens is 1. The Balaban J connectivity index is 1.74. The van der Waals surface area contributed by atoms with Gasteiger partial charge in [-0.25, -0.2) is 0 Å². The molecule has 2 N–H and O–H groups in total. The van der Waals surface area contributed by atoms with Gasteiger partial charge in [0.1, 0.15) is 11.4 Å². The van der Waals surface area contributed by atoms with Gasteiger partial charge in [-0.05, 0) is 84.8 Å². The van der Waals surface area contributed by atoms with E-state index in [-0.39, 0.29) is 5.43 Å². The van der Waals surface area contributed by atoms with E-state index >= 15 is 0 Å². The summed E-state index contributed by atoms with van der Waals surface area (Å²) in [5.41, 5.74) is 10.8. The summed E-state index contributed by atoms with van der Waals surface area (Å²) in [5, 5.41) is 1.20. The monoisotopic (exact) mass is 344 g/mol. The van der Waals surface area contributed by atoms with Gasteiger partial charge in [0.25, 0.3) is 0 Å². The molecule has 4 nitrogen and oxygen atoms in total. The maximum Gasteiger partial charge on any atom is 0.232 e. The van der Waals surface area contributed by atoms with Crippen LogP contribution in [0.25, 0.3) is 27.6 Å². The molecule has 1 saturated carbocycles. The molecular formula is C22H20N2O2. The van der Waals surface area contributed by atoms with Gasteiger partial charge in [0.15, 0.2) is 0 Å². The van der Waals surface area contributed by atoms with Crippen LogP contribution in [0.4, 0.5) is 5.82 Å². The number of nitrogens with zero attached hydrogens (tertiary/aromatic N) is 1. The van der Waals surface area contributed by atoms with Crippen LogP contribution < -0.4 is 11.2 Å². The molecule has 0 spiro atoms. The number of nitrogen functional groups attached to an aromatic ring is 1. The van der Waals surface area contributed by atoms with Crippen molar-refractivity contribution in [2.75, 3.05) is 5.73 Å². The van der Waals surface area contributed by atoms with Crippen LogP contribution in [0.15, 0.2) is 39.6 Å². The summed E-state index contributed by atoms with van der Waals surface area (Å²) in [5.74, 6) is 2.30. The van der Waals surface area contributed by atoms with Crippen LogP contribution >= 0.6 is 0 Å². The van der Waals surface area contributed by atoms with Gasteiger partial charge in [-0.2, -0.15) is 4.98 Å². The third-order valence-electron chi connectivity index (χ3n) is 6.88. The maximum absolute atomic E-state index is 13.2.